The molecule has 7 heteroatoms. The minimum absolute atomic E-state index is 0.171. The summed E-state index contributed by atoms with van der Waals surface area (Å²) in [4.78, 5) is 17.4. The Morgan fingerprint density at radius 1 is 1.19 bits per heavy atom. The Hall–Kier alpha value is -2.25. The zero-order chi connectivity index (χ0) is 19.4. The van der Waals surface area contributed by atoms with Crippen LogP contribution in [0.4, 0.5) is 5.69 Å². The van der Waals surface area contributed by atoms with Crippen LogP contribution < -0.4 is 14.8 Å². The molecule has 0 unspecified atom stereocenters. The molecule has 27 heavy (non-hydrogen) atoms. The molecule has 1 saturated heterocycles. The average molecular weight is 447 g/mol. The van der Waals surface area contributed by atoms with Crippen LogP contribution in [0.5, 0.6) is 11.5 Å². The van der Waals surface area contributed by atoms with Gasteiger partial charge in [-0.3, -0.25) is 4.79 Å². The summed E-state index contributed by atoms with van der Waals surface area (Å²) in [6.07, 6.45) is 2.78. The highest BCUT2D eigenvalue weighted by atomic mass is 79.9. The van der Waals surface area contributed by atoms with Gasteiger partial charge in [-0.1, -0.05) is 19.1 Å². The molecule has 2 aromatic carbocycles. The van der Waals surface area contributed by atoms with Crippen LogP contribution in [-0.2, 0) is 11.2 Å². The minimum Gasteiger partial charge on any atom is -0.493 e. The fourth-order valence-corrected chi connectivity index (χ4v) is 4.04. The van der Waals surface area contributed by atoms with Crippen molar-refractivity contribution >= 4 is 50.5 Å². The SMILES string of the molecule is CCc1ccc(N=C2NC(=O)/C(=C\c3cc(Br)c(OC)c(OC)c3)S2)cc1. The lowest BCUT2D eigenvalue weighted by Crippen LogP contribution is -2.19. The van der Waals surface area contributed by atoms with Crippen LogP contribution in [-0.4, -0.2) is 25.3 Å². The normalized spacial score (nSPS) is 16.7. The third-order valence-electron chi connectivity index (χ3n) is 3.98. The van der Waals surface area contributed by atoms with Crippen LogP contribution in [0.25, 0.3) is 6.08 Å². The molecule has 1 aliphatic rings. The van der Waals surface area contributed by atoms with Crippen molar-refractivity contribution in [3.63, 3.8) is 0 Å². The second-order valence-corrected chi connectivity index (χ2v) is 7.62. The number of ether oxygens (including phenoxy) is 2. The molecule has 0 aromatic heterocycles. The first-order valence-corrected chi connectivity index (χ1v) is 9.95. The molecule has 0 bridgehead atoms. The van der Waals surface area contributed by atoms with Crippen molar-refractivity contribution in [2.45, 2.75) is 13.3 Å². The Balaban J connectivity index is 1.84. The molecule has 1 heterocycles. The van der Waals surface area contributed by atoms with Gasteiger partial charge in [-0.25, -0.2) is 4.99 Å². The quantitative estimate of drug-likeness (QED) is 0.661. The number of aryl methyl sites for hydroxylation is 1. The Labute approximate surface area is 171 Å². The summed E-state index contributed by atoms with van der Waals surface area (Å²) >= 11 is 4.78. The second kappa shape index (κ2) is 8.63. The van der Waals surface area contributed by atoms with Crippen molar-refractivity contribution in [2.75, 3.05) is 14.2 Å². The molecule has 0 spiro atoms. The number of rotatable bonds is 5. The number of methoxy groups -OCH3 is 2. The van der Waals surface area contributed by atoms with Gasteiger partial charge < -0.3 is 14.8 Å². The first-order chi connectivity index (χ1) is 13.0. The van der Waals surface area contributed by atoms with E-state index < -0.39 is 0 Å². The van der Waals surface area contributed by atoms with Gasteiger partial charge in [-0.05, 0) is 75.6 Å². The summed E-state index contributed by atoms with van der Waals surface area (Å²) in [5.41, 5.74) is 2.89. The van der Waals surface area contributed by atoms with E-state index in [2.05, 4.69) is 33.2 Å². The molecule has 0 atom stereocenters. The van der Waals surface area contributed by atoms with Crippen molar-refractivity contribution in [1.29, 1.82) is 0 Å². The highest BCUT2D eigenvalue weighted by molar-refractivity contribution is 9.10. The maximum absolute atomic E-state index is 12.3. The number of carbonyl (C=O) groups excluding carboxylic acids is 1. The predicted octanol–water partition coefficient (Wildman–Crippen LogP) is 4.92. The number of hydrogen-bond acceptors (Lipinski definition) is 5. The van der Waals surface area contributed by atoms with E-state index in [0.717, 1.165) is 22.1 Å². The first-order valence-electron chi connectivity index (χ1n) is 8.34. The standard InChI is InChI=1S/C20H19BrN2O3S/c1-4-12-5-7-14(8-6-12)22-20-23-19(24)17(27-20)11-13-9-15(21)18(26-3)16(10-13)25-2/h5-11H,4H2,1-3H3,(H,22,23,24)/b17-11+. The van der Waals surface area contributed by atoms with Gasteiger partial charge in [0.2, 0.25) is 0 Å². The van der Waals surface area contributed by atoms with E-state index in [4.69, 9.17) is 9.47 Å². The zero-order valence-corrected chi connectivity index (χ0v) is 17.6. The molecule has 1 aliphatic heterocycles. The van der Waals surface area contributed by atoms with E-state index in [-0.39, 0.29) is 5.91 Å². The molecule has 0 radical (unpaired) electrons. The van der Waals surface area contributed by atoms with Gasteiger partial charge in [0, 0.05) is 0 Å². The Morgan fingerprint density at radius 3 is 2.56 bits per heavy atom. The van der Waals surface area contributed by atoms with Gasteiger partial charge in [0.05, 0.1) is 29.3 Å². The molecule has 1 fully saturated rings. The van der Waals surface area contributed by atoms with Gasteiger partial charge in [0.25, 0.3) is 5.91 Å². The summed E-state index contributed by atoms with van der Waals surface area (Å²) < 4.78 is 11.4. The number of aliphatic imine (C=N–C) groups is 1. The Kier molecular flexibility index (Phi) is 6.23. The molecule has 1 N–H and O–H groups in total. The number of amides is 1. The number of nitrogens with zero attached hydrogens (tertiary/aromatic N) is 1. The van der Waals surface area contributed by atoms with Crippen LogP contribution in [0.2, 0.25) is 0 Å². The van der Waals surface area contributed by atoms with E-state index in [1.165, 1.54) is 17.3 Å². The Bertz CT molecular complexity index is 924. The highest BCUT2D eigenvalue weighted by Gasteiger charge is 2.24. The minimum atomic E-state index is -0.171. The number of halogens is 1. The van der Waals surface area contributed by atoms with Gasteiger partial charge in [-0.15, -0.1) is 0 Å². The summed E-state index contributed by atoms with van der Waals surface area (Å²) in [7, 11) is 3.16. The first kappa shape index (κ1) is 19.5. The molecule has 0 aliphatic carbocycles. The predicted molar refractivity (Wildman–Crippen MR) is 114 cm³/mol. The number of carbonyl (C=O) groups is 1. The van der Waals surface area contributed by atoms with Gasteiger partial charge in [-0.2, -0.15) is 0 Å². The molecule has 1 amide bonds. The van der Waals surface area contributed by atoms with Gasteiger partial charge in [0.1, 0.15) is 0 Å². The van der Waals surface area contributed by atoms with E-state index >= 15 is 0 Å². The van der Waals surface area contributed by atoms with E-state index in [1.807, 2.05) is 36.4 Å². The smallest absolute Gasteiger partial charge is 0.264 e. The van der Waals surface area contributed by atoms with Crippen LogP contribution in [0.3, 0.4) is 0 Å². The number of thioether (sulfide) groups is 1. The van der Waals surface area contributed by atoms with Crippen LogP contribution >= 0.6 is 27.7 Å². The third-order valence-corrected chi connectivity index (χ3v) is 5.48. The van der Waals surface area contributed by atoms with Crippen molar-refractivity contribution in [3.8, 4) is 11.5 Å². The van der Waals surface area contributed by atoms with Crippen molar-refractivity contribution in [3.05, 3.63) is 56.9 Å². The van der Waals surface area contributed by atoms with E-state index in [0.29, 0.717) is 21.6 Å². The lowest BCUT2D eigenvalue weighted by Gasteiger charge is -2.10. The molecular weight excluding hydrogens is 428 g/mol. The molecule has 2 aromatic rings. The molecular formula is C20H19BrN2O3S. The van der Waals surface area contributed by atoms with Crippen LogP contribution in [0.1, 0.15) is 18.1 Å². The maximum atomic E-state index is 12.3. The molecule has 0 saturated carbocycles. The van der Waals surface area contributed by atoms with Crippen LogP contribution in [0.15, 0.2) is 50.8 Å². The largest absolute Gasteiger partial charge is 0.493 e. The second-order valence-electron chi connectivity index (χ2n) is 5.74. The number of amidine groups is 1. The van der Waals surface area contributed by atoms with E-state index in [1.54, 1.807) is 20.3 Å². The topological polar surface area (TPSA) is 59.9 Å². The lowest BCUT2D eigenvalue weighted by atomic mass is 10.2. The number of benzene rings is 2. The number of hydrogen-bond donors (Lipinski definition) is 1. The molecule has 3 rings (SSSR count). The molecule has 5 nitrogen and oxygen atoms in total. The third kappa shape index (κ3) is 4.54. The average Bonchev–Trinajstić information content (AvgIpc) is 3.00. The highest BCUT2D eigenvalue weighted by Crippen LogP contribution is 2.38. The van der Waals surface area contributed by atoms with E-state index in [9.17, 15) is 4.79 Å². The fraction of sp³-hybridized carbons (Fsp3) is 0.200. The lowest BCUT2D eigenvalue weighted by molar-refractivity contribution is -0.115. The molecule has 140 valence electrons. The summed E-state index contributed by atoms with van der Waals surface area (Å²) in [6.45, 7) is 2.11. The fourth-order valence-electron chi connectivity index (χ4n) is 2.58. The monoisotopic (exact) mass is 446 g/mol. The van der Waals surface area contributed by atoms with Crippen molar-refractivity contribution in [1.82, 2.24) is 5.32 Å². The van der Waals surface area contributed by atoms with Gasteiger partial charge >= 0.3 is 0 Å². The maximum Gasteiger partial charge on any atom is 0.264 e. The summed E-state index contributed by atoms with van der Waals surface area (Å²) in [6, 6.07) is 11.7. The van der Waals surface area contributed by atoms with Gasteiger partial charge in [0.15, 0.2) is 16.7 Å². The zero-order valence-electron chi connectivity index (χ0n) is 15.2. The number of nitrogens with one attached hydrogen (secondary N) is 1. The summed E-state index contributed by atoms with van der Waals surface area (Å²) in [5, 5.41) is 3.37. The Morgan fingerprint density at radius 2 is 1.93 bits per heavy atom. The van der Waals surface area contributed by atoms with Crippen molar-refractivity contribution in [2.24, 2.45) is 4.99 Å². The summed E-state index contributed by atoms with van der Waals surface area (Å²) in [5.74, 6) is 1.03. The van der Waals surface area contributed by atoms with Crippen molar-refractivity contribution < 1.29 is 14.3 Å². The van der Waals surface area contributed by atoms with Crippen LogP contribution in [0, 0.1) is 0 Å².